The number of nitrogens with zero attached hydrogens (tertiary/aromatic N) is 2. The summed E-state index contributed by atoms with van der Waals surface area (Å²) in [6, 6.07) is 12.1. The summed E-state index contributed by atoms with van der Waals surface area (Å²) in [7, 11) is 0. The molecule has 2 heterocycles. The maximum absolute atomic E-state index is 12.4. The minimum absolute atomic E-state index is 0.0478. The van der Waals surface area contributed by atoms with Crippen molar-refractivity contribution >= 4 is 11.6 Å². The maximum Gasteiger partial charge on any atom is 0.337 e. The Kier molecular flexibility index (Phi) is 2.80. The molecule has 98 valence electrons. The number of aromatic carboxylic acids is 1. The van der Waals surface area contributed by atoms with Crippen molar-refractivity contribution in [2.75, 3.05) is 0 Å². The highest BCUT2D eigenvalue weighted by Crippen LogP contribution is 2.14. The first-order valence-corrected chi connectivity index (χ1v) is 5.97. The van der Waals surface area contributed by atoms with Crippen LogP contribution >= 0.6 is 0 Å². The highest BCUT2D eigenvalue weighted by Gasteiger charge is 2.09. The number of hydrogen-bond donors (Lipinski definition) is 1. The predicted molar refractivity (Wildman–Crippen MR) is 73.9 cm³/mol. The second-order valence-corrected chi connectivity index (χ2v) is 4.29. The van der Waals surface area contributed by atoms with Crippen molar-refractivity contribution in [3.8, 4) is 11.1 Å². The highest BCUT2D eigenvalue weighted by atomic mass is 16.4. The first-order chi connectivity index (χ1) is 9.66. The molecule has 0 unspecified atom stereocenters. The van der Waals surface area contributed by atoms with Crippen LogP contribution in [0.2, 0.25) is 0 Å². The molecule has 0 fully saturated rings. The van der Waals surface area contributed by atoms with E-state index in [1.807, 2.05) is 30.3 Å². The van der Waals surface area contributed by atoms with Crippen molar-refractivity contribution in [2.24, 2.45) is 0 Å². The van der Waals surface area contributed by atoms with E-state index in [4.69, 9.17) is 5.11 Å². The molecule has 5 nitrogen and oxygen atoms in total. The standard InChI is InChI=1S/C15H10N2O3/c18-14-12(10-4-2-1-3-5-10)8-16-13-7-6-11(15(19)20)9-17(13)14/h1-9H,(H,19,20). The fraction of sp³-hybridized carbons (Fsp3) is 0. The summed E-state index contributed by atoms with van der Waals surface area (Å²) in [5.41, 5.74) is 1.36. The monoisotopic (exact) mass is 266 g/mol. The van der Waals surface area contributed by atoms with Gasteiger partial charge in [0, 0.05) is 12.4 Å². The van der Waals surface area contributed by atoms with Gasteiger partial charge in [0.05, 0.1) is 11.1 Å². The molecule has 0 aliphatic heterocycles. The van der Waals surface area contributed by atoms with Crippen LogP contribution in [0.25, 0.3) is 16.8 Å². The third kappa shape index (κ3) is 1.95. The molecule has 5 heteroatoms. The third-order valence-electron chi connectivity index (χ3n) is 3.03. The van der Waals surface area contributed by atoms with Gasteiger partial charge in [0.25, 0.3) is 5.56 Å². The number of carboxylic acid groups (broad SMARTS) is 1. The zero-order valence-corrected chi connectivity index (χ0v) is 10.4. The molecule has 0 saturated heterocycles. The zero-order chi connectivity index (χ0) is 14.1. The molecule has 0 radical (unpaired) electrons. The lowest BCUT2D eigenvalue weighted by Gasteiger charge is -2.05. The van der Waals surface area contributed by atoms with Crippen LogP contribution in [0.1, 0.15) is 10.4 Å². The van der Waals surface area contributed by atoms with Gasteiger partial charge in [-0.25, -0.2) is 9.78 Å². The van der Waals surface area contributed by atoms with E-state index in [-0.39, 0.29) is 11.1 Å². The first-order valence-electron chi connectivity index (χ1n) is 5.97. The Labute approximate surface area is 113 Å². The van der Waals surface area contributed by atoms with E-state index in [9.17, 15) is 9.59 Å². The van der Waals surface area contributed by atoms with Gasteiger partial charge in [-0.15, -0.1) is 0 Å². The van der Waals surface area contributed by atoms with E-state index in [1.165, 1.54) is 28.9 Å². The fourth-order valence-corrected chi connectivity index (χ4v) is 2.02. The number of benzene rings is 1. The SMILES string of the molecule is O=C(O)c1ccc2ncc(-c3ccccc3)c(=O)n2c1. The molecule has 2 aromatic heterocycles. The van der Waals surface area contributed by atoms with Crippen LogP contribution < -0.4 is 5.56 Å². The van der Waals surface area contributed by atoms with Gasteiger partial charge in [-0.2, -0.15) is 0 Å². The van der Waals surface area contributed by atoms with Crippen molar-refractivity contribution in [3.63, 3.8) is 0 Å². The van der Waals surface area contributed by atoms with Crippen LogP contribution in [0, 0.1) is 0 Å². The summed E-state index contributed by atoms with van der Waals surface area (Å²) in [6.07, 6.45) is 2.80. The summed E-state index contributed by atoms with van der Waals surface area (Å²) in [6.45, 7) is 0. The molecular weight excluding hydrogens is 256 g/mol. The van der Waals surface area contributed by atoms with E-state index in [0.29, 0.717) is 11.2 Å². The van der Waals surface area contributed by atoms with Crippen molar-refractivity contribution in [1.29, 1.82) is 0 Å². The second kappa shape index (κ2) is 4.62. The summed E-state index contributed by atoms with van der Waals surface area (Å²) >= 11 is 0. The minimum Gasteiger partial charge on any atom is -0.478 e. The Morgan fingerprint density at radius 3 is 2.55 bits per heavy atom. The molecule has 0 aliphatic carbocycles. The lowest BCUT2D eigenvalue weighted by molar-refractivity contribution is 0.0696. The maximum atomic E-state index is 12.4. The minimum atomic E-state index is -1.08. The summed E-state index contributed by atoms with van der Waals surface area (Å²) in [4.78, 5) is 27.6. The summed E-state index contributed by atoms with van der Waals surface area (Å²) < 4.78 is 1.26. The van der Waals surface area contributed by atoms with Gasteiger partial charge in [-0.05, 0) is 17.7 Å². The largest absolute Gasteiger partial charge is 0.478 e. The van der Waals surface area contributed by atoms with Crippen LogP contribution in [0.15, 0.2) is 59.7 Å². The Hall–Kier alpha value is -2.95. The molecule has 1 N–H and O–H groups in total. The lowest BCUT2D eigenvalue weighted by Crippen LogP contribution is -2.17. The fourth-order valence-electron chi connectivity index (χ4n) is 2.02. The van der Waals surface area contributed by atoms with Crippen molar-refractivity contribution in [3.05, 3.63) is 70.8 Å². The van der Waals surface area contributed by atoms with Gasteiger partial charge in [0.15, 0.2) is 0 Å². The van der Waals surface area contributed by atoms with Gasteiger partial charge in [0.1, 0.15) is 5.65 Å². The number of carbonyl (C=O) groups is 1. The number of hydrogen-bond acceptors (Lipinski definition) is 3. The van der Waals surface area contributed by atoms with Gasteiger partial charge in [-0.1, -0.05) is 30.3 Å². The van der Waals surface area contributed by atoms with Crippen molar-refractivity contribution in [1.82, 2.24) is 9.38 Å². The third-order valence-corrected chi connectivity index (χ3v) is 3.03. The molecule has 0 saturated carbocycles. The Bertz CT molecular complexity index is 854. The molecule has 0 amide bonds. The number of fused-ring (bicyclic) bond motifs is 1. The van der Waals surface area contributed by atoms with E-state index in [1.54, 1.807) is 0 Å². The van der Waals surface area contributed by atoms with Gasteiger partial charge < -0.3 is 5.11 Å². The molecule has 0 atom stereocenters. The average Bonchev–Trinajstić information content (AvgIpc) is 2.48. The van der Waals surface area contributed by atoms with Gasteiger partial charge >= 0.3 is 5.97 Å². The van der Waals surface area contributed by atoms with Crippen molar-refractivity contribution in [2.45, 2.75) is 0 Å². The molecule has 0 spiro atoms. The Morgan fingerprint density at radius 1 is 1.10 bits per heavy atom. The summed E-state index contributed by atoms with van der Waals surface area (Å²) in [5.74, 6) is -1.08. The van der Waals surface area contributed by atoms with E-state index < -0.39 is 5.97 Å². The Balaban J connectivity index is 2.29. The highest BCUT2D eigenvalue weighted by molar-refractivity contribution is 5.87. The molecule has 0 bridgehead atoms. The Morgan fingerprint density at radius 2 is 1.85 bits per heavy atom. The molecule has 20 heavy (non-hydrogen) atoms. The van der Waals surface area contributed by atoms with Crippen LogP contribution in [0.3, 0.4) is 0 Å². The van der Waals surface area contributed by atoms with E-state index >= 15 is 0 Å². The molecule has 3 rings (SSSR count). The topological polar surface area (TPSA) is 71.7 Å². The molecule has 0 aliphatic rings. The smallest absolute Gasteiger partial charge is 0.337 e. The van der Waals surface area contributed by atoms with Crippen LogP contribution in [-0.2, 0) is 0 Å². The molecule has 3 aromatic rings. The van der Waals surface area contributed by atoms with E-state index in [2.05, 4.69) is 4.98 Å². The number of rotatable bonds is 2. The van der Waals surface area contributed by atoms with Crippen LogP contribution in [-0.4, -0.2) is 20.5 Å². The van der Waals surface area contributed by atoms with Gasteiger partial charge in [0.2, 0.25) is 0 Å². The quantitative estimate of drug-likeness (QED) is 0.770. The van der Waals surface area contributed by atoms with E-state index in [0.717, 1.165) is 5.56 Å². The predicted octanol–water partition coefficient (Wildman–Crippen LogP) is 2.06. The number of aromatic nitrogens is 2. The normalized spacial score (nSPS) is 10.6. The second-order valence-electron chi connectivity index (χ2n) is 4.29. The number of carboxylic acids is 1. The van der Waals surface area contributed by atoms with Crippen LogP contribution in [0.5, 0.6) is 0 Å². The molecule has 1 aromatic carbocycles. The lowest BCUT2D eigenvalue weighted by atomic mass is 10.1. The van der Waals surface area contributed by atoms with Crippen molar-refractivity contribution < 1.29 is 9.90 Å². The van der Waals surface area contributed by atoms with Gasteiger partial charge in [-0.3, -0.25) is 9.20 Å². The average molecular weight is 266 g/mol. The first kappa shape index (κ1) is 12.1. The number of pyridine rings is 1. The zero-order valence-electron chi connectivity index (χ0n) is 10.4. The summed E-state index contributed by atoms with van der Waals surface area (Å²) in [5, 5.41) is 8.99. The molecular formula is C15H10N2O3. The van der Waals surface area contributed by atoms with Crippen LogP contribution in [0.4, 0.5) is 0 Å².